The van der Waals surface area contributed by atoms with Gasteiger partial charge in [-0.25, -0.2) is 4.79 Å². The van der Waals surface area contributed by atoms with Crippen LogP contribution in [0.1, 0.15) is 31.9 Å². The van der Waals surface area contributed by atoms with Crippen molar-refractivity contribution in [2.24, 2.45) is 0 Å². The zero-order valence-electron chi connectivity index (χ0n) is 19.3. The average Bonchev–Trinajstić information content (AvgIpc) is 2.74. The molecule has 0 N–H and O–H groups in total. The van der Waals surface area contributed by atoms with Gasteiger partial charge in [0.05, 0.1) is 10.9 Å². The van der Waals surface area contributed by atoms with Crippen LogP contribution in [0.3, 0.4) is 0 Å². The lowest BCUT2D eigenvalue weighted by atomic mass is 10.1. The molecule has 0 radical (unpaired) electrons. The maximum atomic E-state index is 12.3. The fraction of sp³-hybridized carbons (Fsp3) is 0.250. The molecule has 0 atom stereocenters. The van der Waals surface area contributed by atoms with Gasteiger partial charge in [0.1, 0.15) is 5.75 Å². The molecule has 0 amide bonds. The highest BCUT2D eigenvalue weighted by atomic mass is 32.2. The van der Waals surface area contributed by atoms with Crippen LogP contribution in [0.5, 0.6) is 5.75 Å². The first-order valence-corrected chi connectivity index (χ1v) is 11.8. The minimum absolute atomic E-state index is 0.154. The number of ether oxygens (including phenoxy) is 2. The van der Waals surface area contributed by atoms with Crippen LogP contribution in [-0.4, -0.2) is 18.2 Å². The lowest BCUT2D eigenvalue weighted by molar-refractivity contribution is -0.154. The Bertz CT molecular complexity index is 1060. The zero-order chi connectivity index (χ0) is 23.1. The largest absolute Gasteiger partial charge is 0.481 e. The topological polar surface area (TPSA) is 35.5 Å². The number of benzene rings is 3. The van der Waals surface area contributed by atoms with E-state index in [2.05, 4.69) is 72.5 Å². The van der Waals surface area contributed by atoms with Gasteiger partial charge in [0.2, 0.25) is 0 Å². The van der Waals surface area contributed by atoms with E-state index in [0.29, 0.717) is 0 Å². The molecule has 0 spiro atoms. The molecule has 32 heavy (non-hydrogen) atoms. The Morgan fingerprint density at radius 1 is 0.875 bits per heavy atom. The molecule has 0 fully saturated rings. The normalized spacial score (nSPS) is 10.9. The molecule has 3 rings (SSSR count). The Morgan fingerprint density at radius 3 is 1.84 bits per heavy atom. The van der Waals surface area contributed by atoms with E-state index >= 15 is 0 Å². The molecule has 0 bridgehead atoms. The maximum absolute atomic E-state index is 12.3. The highest BCUT2D eigenvalue weighted by molar-refractivity contribution is 7.97. The summed E-state index contributed by atoms with van der Waals surface area (Å²) in [6.45, 7) is 9.13. The number of esters is 1. The molecular weight excluding hydrogens is 416 g/mol. The first-order valence-electron chi connectivity index (χ1n) is 10.5. The molecule has 0 aliphatic rings. The molecule has 3 aromatic carbocycles. The van der Waals surface area contributed by atoms with Crippen LogP contribution in [0.25, 0.3) is 0 Å². The standard InChI is InChI=1S/C28H29O3S/c1-6-17-28(4,5)31-26(29)20-30-27-21(2)18-25(19-22(27)3)32(23-13-9-7-10-14-23)24-15-11-8-12-16-24/h7-16,18-19H,20H2,1-5H3/q+1. The molecule has 0 heterocycles. The first-order chi connectivity index (χ1) is 15.3. The van der Waals surface area contributed by atoms with Gasteiger partial charge >= 0.3 is 5.97 Å². The van der Waals surface area contributed by atoms with Gasteiger partial charge in [-0.05, 0) is 70.0 Å². The van der Waals surface area contributed by atoms with E-state index in [1.54, 1.807) is 20.8 Å². The van der Waals surface area contributed by atoms with Gasteiger partial charge < -0.3 is 9.47 Å². The highest BCUT2D eigenvalue weighted by Gasteiger charge is 2.30. The Kier molecular flexibility index (Phi) is 7.66. The van der Waals surface area contributed by atoms with Crippen LogP contribution in [0.4, 0.5) is 0 Å². The minimum Gasteiger partial charge on any atom is -0.481 e. The second-order valence-corrected chi connectivity index (χ2v) is 9.99. The SMILES string of the molecule is CC#CC(C)(C)OC(=O)COc1c(C)cc([S+](c2ccccc2)c2ccccc2)cc1C. The van der Waals surface area contributed by atoms with Crippen molar-refractivity contribution in [3.63, 3.8) is 0 Å². The number of aryl methyl sites for hydroxylation is 2. The van der Waals surface area contributed by atoms with Crippen molar-refractivity contribution in [3.05, 3.63) is 83.9 Å². The van der Waals surface area contributed by atoms with E-state index < -0.39 is 11.6 Å². The van der Waals surface area contributed by atoms with E-state index in [1.165, 1.54) is 14.7 Å². The predicted molar refractivity (Wildman–Crippen MR) is 130 cm³/mol. The van der Waals surface area contributed by atoms with Crippen LogP contribution < -0.4 is 4.74 Å². The van der Waals surface area contributed by atoms with Gasteiger partial charge in [-0.15, -0.1) is 5.92 Å². The van der Waals surface area contributed by atoms with E-state index in [1.807, 2.05) is 26.0 Å². The van der Waals surface area contributed by atoms with Crippen molar-refractivity contribution in [2.45, 2.75) is 54.9 Å². The molecule has 0 aliphatic carbocycles. The number of hydrogen-bond acceptors (Lipinski definition) is 3. The summed E-state index contributed by atoms with van der Waals surface area (Å²) in [7, 11) is -0.234. The van der Waals surface area contributed by atoms with Gasteiger partial charge in [0.25, 0.3) is 0 Å². The number of carbonyl (C=O) groups is 1. The molecular formula is C28H29O3S+. The van der Waals surface area contributed by atoms with Gasteiger partial charge in [0, 0.05) is 12.1 Å². The van der Waals surface area contributed by atoms with Crippen molar-refractivity contribution in [3.8, 4) is 17.6 Å². The van der Waals surface area contributed by atoms with Crippen LogP contribution in [0.15, 0.2) is 87.5 Å². The quantitative estimate of drug-likeness (QED) is 0.250. The highest BCUT2D eigenvalue weighted by Crippen LogP contribution is 2.35. The monoisotopic (exact) mass is 445 g/mol. The second-order valence-electron chi connectivity index (χ2n) is 7.97. The van der Waals surface area contributed by atoms with E-state index in [9.17, 15) is 4.79 Å². The summed E-state index contributed by atoms with van der Waals surface area (Å²) >= 11 is 0. The number of rotatable bonds is 7. The summed E-state index contributed by atoms with van der Waals surface area (Å²) in [5, 5.41) is 0. The Hall–Kier alpha value is -3.16. The van der Waals surface area contributed by atoms with E-state index in [4.69, 9.17) is 9.47 Å². The zero-order valence-corrected chi connectivity index (χ0v) is 20.1. The molecule has 3 aromatic rings. The van der Waals surface area contributed by atoms with Crippen LogP contribution >= 0.6 is 0 Å². The number of hydrogen-bond donors (Lipinski definition) is 0. The van der Waals surface area contributed by atoms with Crippen molar-refractivity contribution < 1.29 is 14.3 Å². The summed E-state index contributed by atoms with van der Waals surface area (Å²) in [6.07, 6.45) is 0. The van der Waals surface area contributed by atoms with Crippen molar-refractivity contribution >= 4 is 16.9 Å². The Labute approximate surface area is 194 Å². The van der Waals surface area contributed by atoms with Crippen molar-refractivity contribution in [2.75, 3.05) is 6.61 Å². The smallest absolute Gasteiger partial charge is 0.345 e. The summed E-state index contributed by atoms with van der Waals surface area (Å²) in [5.74, 6) is 5.94. The maximum Gasteiger partial charge on any atom is 0.345 e. The van der Waals surface area contributed by atoms with Crippen LogP contribution in [0.2, 0.25) is 0 Å². The molecule has 0 saturated carbocycles. The van der Waals surface area contributed by atoms with Crippen LogP contribution in [0, 0.1) is 25.7 Å². The van der Waals surface area contributed by atoms with Gasteiger partial charge in [-0.1, -0.05) is 42.3 Å². The lowest BCUT2D eigenvalue weighted by Crippen LogP contribution is -2.29. The summed E-state index contributed by atoms with van der Waals surface area (Å²) in [6, 6.07) is 25.4. The van der Waals surface area contributed by atoms with Crippen molar-refractivity contribution in [1.29, 1.82) is 0 Å². The van der Waals surface area contributed by atoms with Gasteiger partial charge in [-0.2, -0.15) is 0 Å². The van der Waals surface area contributed by atoms with Gasteiger partial charge in [0.15, 0.2) is 26.9 Å². The average molecular weight is 446 g/mol. The molecule has 0 aromatic heterocycles. The summed E-state index contributed by atoms with van der Waals surface area (Å²) in [5.41, 5.74) is 1.15. The Balaban J connectivity index is 1.86. The molecule has 164 valence electrons. The van der Waals surface area contributed by atoms with Crippen LogP contribution in [-0.2, 0) is 20.4 Å². The number of carbonyl (C=O) groups excluding carboxylic acids is 1. The molecule has 0 aliphatic heterocycles. The summed E-state index contributed by atoms with van der Waals surface area (Å²) < 4.78 is 11.3. The van der Waals surface area contributed by atoms with Crippen molar-refractivity contribution in [1.82, 2.24) is 0 Å². The third-order valence-electron chi connectivity index (χ3n) is 4.76. The third-order valence-corrected chi connectivity index (χ3v) is 6.95. The molecule has 0 unspecified atom stereocenters. The van der Waals surface area contributed by atoms with E-state index in [0.717, 1.165) is 16.9 Å². The fourth-order valence-corrected chi connectivity index (χ4v) is 5.81. The summed E-state index contributed by atoms with van der Waals surface area (Å²) in [4.78, 5) is 16.0. The minimum atomic E-state index is -0.831. The molecule has 3 nitrogen and oxygen atoms in total. The first kappa shape index (κ1) is 23.5. The molecule has 4 heteroatoms. The second kappa shape index (κ2) is 10.4. The third kappa shape index (κ3) is 5.96. The van der Waals surface area contributed by atoms with E-state index in [-0.39, 0.29) is 17.5 Å². The Morgan fingerprint density at radius 2 is 1.38 bits per heavy atom. The molecule has 0 saturated heterocycles. The van der Waals surface area contributed by atoms with Gasteiger partial charge in [-0.3, -0.25) is 0 Å². The lowest BCUT2D eigenvalue weighted by Gasteiger charge is -2.19. The predicted octanol–water partition coefficient (Wildman–Crippen LogP) is 6.12. The fourth-order valence-electron chi connectivity index (χ4n) is 3.55.